The summed E-state index contributed by atoms with van der Waals surface area (Å²) in [6, 6.07) is 9.37. The Balaban J connectivity index is 1.39. The van der Waals surface area contributed by atoms with Crippen LogP contribution in [0.5, 0.6) is 0 Å². The van der Waals surface area contributed by atoms with Crippen molar-refractivity contribution in [1.82, 2.24) is 24.3 Å². The fraction of sp³-hybridized carbons (Fsp3) is 0.375. The lowest BCUT2D eigenvalue weighted by atomic mass is 10.1. The first-order valence-electron chi connectivity index (χ1n) is 11.2. The molecule has 0 N–H and O–H groups in total. The van der Waals surface area contributed by atoms with Crippen LogP contribution in [0.1, 0.15) is 52.6 Å². The van der Waals surface area contributed by atoms with E-state index in [-0.39, 0.29) is 43.5 Å². The molecule has 0 radical (unpaired) electrons. The summed E-state index contributed by atoms with van der Waals surface area (Å²) in [5.41, 5.74) is 0.506. The van der Waals surface area contributed by atoms with Crippen LogP contribution < -0.4 is 5.56 Å². The van der Waals surface area contributed by atoms with E-state index in [1.807, 2.05) is 0 Å². The quantitative estimate of drug-likeness (QED) is 0.613. The van der Waals surface area contributed by atoms with Gasteiger partial charge in [-0.25, -0.2) is 14.4 Å². The van der Waals surface area contributed by atoms with Gasteiger partial charge in [0.1, 0.15) is 11.3 Å². The largest absolute Gasteiger partial charge is 0.335 e. The predicted octanol–water partition coefficient (Wildman–Crippen LogP) is 2.64. The van der Waals surface area contributed by atoms with Crippen LogP contribution >= 0.6 is 0 Å². The van der Waals surface area contributed by atoms with Gasteiger partial charge in [-0.05, 0) is 37.1 Å². The highest BCUT2D eigenvalue weighted by atomic mass is 19.1. The molecular weight excluding hydrogens is 425 g/mol. The molecular formula is C24H24FN5O3. The molecule has 2 fully saturated rings. The van der Waals surface area contributed by atoms with E-state index in [4.69, 9.17) is 0 Å². The van der Waals surface area contributed by atoms with Gasteiger partial charge in [0.2, 0.25) is 0 Å². The average molecular weight is 449 g/mol. The number of pyridine rings is 1. The van der Waals surface area contributed by atoms with Gasteiger partial charge >= 0.3 is 0 Å². The molecule has 0 atom stereocenters. The Morgan fingerprint density at radius 3 is 2.27 bits per heavy atom. The van der Waals surface area contributed by atoms with Gasteiger partial charge in [0.05, 0.1) is 5.56 Å². The van der Waals surface area contributed by atoms with Crippen molar-refractivity contribution in [3.63, 3.8) is 0 Å². The van der Waals surface area contributed by atoms with Crippen LogP contribution in [0.25, 0.3) is 11.2 Å². The maximum atomic E-state index is 14.0. The van der Waals surface area contributed by atoms with Crippen molar-refractivity contribution >= 4 is 23.0 Å². The Labute approximate surface area is 189 Å². The molecule has 1 aliphatic carbocycles. The highest BCUT2D eigenvalue weighted by Gasteiger charge is 2.31. The fourth-order valence-electron chi connectivity index (χ4n) is 4.75. The van der Waals surface area contributed by atoms with Gasteiger partial charge in [-0.3, -0.25) is 19.0 Å². The van der Waals surface area contributed by atoms with Crippen LogP contribution in [-0.4, -0.2) is 62.3 Å². The summed E-state index contributed by atoms with van der Waals surface area (Å²) in [5, 5.41) is 0. The molecule has 1 aromatic carbocycles. The van der Waals surface area contributed by atoms with Gasteiger partial charge in [-0.1, -0.05) is 25.0 Å². The lowest BCUT2D eigenvalue weighted by molar-refractivity contribution is 0.0528. The molecule has 3 heterocycles. The molecule has 1 saturated heterocycles. The van der Waals surface area contributed by atoms with Crippen LogP contribution in [0, 0.1) is 5.82 Å². The van der Waals surface area contributed by atoms with Crippen LogP contribution in [-0.2, 0) is 0 Å². The number of benzene rings is 1. The molecule has 8 nitrogen and oxygen atoms in total. The number of piperazine rings is 1. The maximum absolute atomic E-state index is 14.0. The fourth-order valence-corrected chi connectivity index (χ4v) is 4.75. The molecule has 3 aromatic rings. The van der Waals surface area contributed by atoms with Crippen molar-refractivity contribution in [3.8, 4) is 0 Å². The number of carbonyl (C=O) groups excluding carboxylic acids is 2. The molecule has 2 amide bonds. The monoisotopic (exact) mass is 449 g/mol. The summed E-state index contributed by atoms with van der Waals surface area (Å²) in [4.78, 5) is 51.1. The van der Waals surface area contributed by atoms with E-state index < -0.39 is 23.2 Å². The highest BCUT2D eigenvalue weighted by molar-refractivity contribution is 5.96. The molecule has 0 spiro atoms. The van der Waals surface area contributed by atoms with E-state index in [0.29, 0.717) is 11.2 Å². The minimum atomic E-state index is -0.567. The SMILES string of the molecule is O=C(c1ccccc1F)N1CCN(C(=O)c2nc3cccnc3n(C3CCCC3)c2=O)CC1. The molecule has 9 heteroatoms. The van der Waals surface area contributed by atoms with Crippen LogP contribution in [0.4, 0.5) is 4.39 Å². The number of aromatic nitrogens is 3. The summed E-state index contributed by atoms with van der Waals surface area (Å²) < 4.78 is 15.6. The van der Waals surface area contributed by atoms with E-state index in [2.05, 4.69) is 9.97 Å². The van der Waals surface area contributed by atoms with Gasteiger partial charge in [0.15, 0.2) is 11.3 Å². The summed E-state index contributed by atoms with van der Waals surface area (Å²) in [6.45, 7) is 0.999. The Hall–Kier alpha value is -3.62. The number of amides is 2. The smallest absolute Gasteiger partial charge is 0.284 e. The minimum Gasteiger partial charge on any atom is -0.335 e. The van der Waals surface area contributed by atoms with E-state index in [1.54, 1.807) is 29.0 Å². The number of carbonyl (C=O) groups is 2. The number of hydrogen-bond donors (Lipinski definition) is 0. The molecule has 33 heavy (non-hydrogen) atoms. The number of halogens is 1. The number of fused-ring (bicyclic) bond motifs is 1. The lowest BCUT2D eigenvalue weighted by Gasteiger charge is -2.34. The molecule has 2 aliphatic rings. The van der Waals surface area contributed by atoms with Crippen molar-refractivity contribution in [1.29, 1.82) is 0 Å². The maximum Gasteiger partial charge on any atom is 0.284 e. The summed E-state index contributed by atoms with van der Waals surface area (Å²) in [6.07, 6.45) is 5.45. The molecule has 0 unspecified atom stereocenters. The van der Waals surface area contributed by atoms with Crippen LogP contribution in [0.3, 0.4) is 0 Å². The van der Waals surface area contributed by atoms with Crippen molar-refractivity contribution in [2.45, 2.75) is 31.7 Å². The van der Waals surface area contributed by atoms with E-state index in [9.17, 15) is 18.8 Å². The van der Waals surface area contributed by atoms with Crippen molar-refractivity contribution in [2.75, 3.05) is 26.2 Å². The second kappa shape index (κ2) is 8.73. The van der Waals surface area contributed by atoms with Crippen LogP contribution in [0.15, 0.2) is 47.4 Å². The normalized spacial score (nSPS) is 17.0. The number of hydrogen-bond acceptors (Lipinski definition) is 5. The first-order chi connectivity index (χ1) is 16.0. The van der Waals surface area contributed by atoms with Gasteiger partial charge in [-0.2, -0.15) is 0 Å². The third-order valence-corrected chi connectivity index (χ3v) is 6.50. The van der Waals surface area contributed by atoms with Gasteiger partial charge < -0.3 is 9.80 Å². The summed E-state index contributed by atoms with van der Waals surface area (Å²) >= 11 is 0. The molecule has 2 aromatic heterocycles. The average Bonchev–Trinajstić information content (AvgIpc) is 3.38. The van der Waals surface area contributed by atoms with E-state index in [0.717, 1.165) is 25.7 Å². The second-order valence-corrected chi connectivity index (χ2v) is 8.48. The highest BCUT2D eigenvalue weighted by Crippen LogP contribution is 2.30. The Bertz CT molecular complexity index is 1280. The zero-order valence-corrected chi connectivity index (χ0v) is 18.1. The number of nitrogens with zero attached hydrogens (tertiary/aromatic N) is 5. The summed E-state index contributed by atoms with van der Waals surface area (Å²) in [7, 11) is 0. The topological polar surface area (TPSA) is 88.4 Å². The Morgan fingerprint density at radius 1 is 0.909 bits per heavy atom. The van der Waals surface area contributed by atoms with Gasteiger partial charge in [-0.15, -0.1) is 0 Å². The lowest BCUT2D eigenvalue weighted by Crippen LogP contribution is -2.52. The standard InChI is InChI=1S/C24H24FN5O3/c25-18-9-4-3-8-17(18)22(31)28-12-14-29(15-13-28)23(32)20-24(33)30(16-6-1-2-7-16)21-19(27-20)10-5-11-26-21/h3-5,8-11,16H,1-2,6-7,12-15H2. The van der Waals surface area contributed by atoms with E-state index in [1.165, 1.54) is 28.0 Å². The predicted molar refractivity (Wildman–Crippen MR) is 120 cm³/mol. The zero-order chi connectivity index (χ0) is 22.9. The Kier molecular flexibility index (Phi) is 5.62. The number of rotatable bonds is 3. The zero-order valence-electron chi connectivity index (χ0n) is 18.1. The molecule has 170 valence electrons. The Morgan fingerprint density at radius 2 is 1.58 bits per heavy atom. The van der Waals surface area contributed by atoms with Crippen molar-refractivity contribution in [2.24, 2.45) is 0 Å². The van der Waals surface area contributed by atoms with E-state index >= 15 is 0 Å². The summed E-state index contributed by atoms with van der Waals surface area (Å²) in [5.74, 6) is -1.42. The van der Waals surface area contributed by atoms with Gasteiger partial charge in [0.25, 0.3) is 17.4 Å². The first kappa shape index (κ1) is 21.2. The van der Waals surface area contributed by atoms with Crippen molar-refractivity contribution < 1.29 is 14.0 Å². The minimum absolute atomic E-state index is 0.0136. The molecule has 5 rings (SSSR count). The van der Waals surface area contributed by atoms with Crippen molar-refractivity contribution in [3.05, 3.63) is 70.0 Å². The first-order valence-corrected chi connectivity index (χ1v) is 11.2. The third-order valence-electron chi connectivity index (χ3n) is 6.50. The van der Waals surface area contributed by atoms with Crippen LogP contribution in [0.2, 0.25) is 0 Å². The third kappa shape index (κ3) is 3.88. The molecule has 1 aliphatic heterocycles. The second-order valence-electron chi connectivity index (χ2n) is 8.48. The van der Waals surface area contributed by atoms with Gasteiger partial charge in [0, 0.05) is 38.4 Å². The molecule has 0 bridgehead atoms. The molecule has 1 saturated carbocycles.